The molecule has 0 aromatic carbocycles. The van der Waals surface area contributed by atoms with E-state index in [0.29, 0.717) is 11.8 Å². The van der Waals surface area contributed by atoms with Crippen molar-refractivity contribution in [2.75, 3.05) is 33.2 Å². The minimum Gasteiger partial charge on any atom is -0.317 e. The van der Waals surface area contributed by atoms with E-state index in [1.165, 1.54) is 49.5 Å². The molecule has 4 heteroatoms. The van der Waals surface area contributed by atoms with Crippen molar-refractivity contribution in [2.24, 2.45) is 0 Å². The van der Waals surface area contributed by atoms with E-state index in [0.717, 1.165) is 13.1 Å². The second kappa shape index (κ2) is 5.68. The minimum atomic E-state index is 0.676. The van der Waals surface area contributed by atoms with Gasteiger partial charge in [-0.3, -0.25) is 0 Å². The van der Waals surface area contributed by atoms with Crippen LogP contribution in [0.2, 0.25) is 0 Å². The Morgan fingerprint density at radius 1 is 1.28 bits per heavy atom. The summed E-state index contributed by atoms with van der Waals surface area (Å²) in [5.74, 6) is 1.39. The first-order valence-electron chi connectivity index (χ1n) is 7.17. The van der Waals surface area contributed by atoms with Crippen LogP contribution in [0.3, 0.4) is 0 Å². The fourth-order valence-corrected chi connectivity index (χ4v) is 4.23. The van der Waals surface area contributed by atoms with Crippen LogP contribution < -0.4 is 5.32 Å². The van der Waals surface area contributed by atoms with E-state index < -0.39 is 0 Å². The summed E-state index contributed by atoms with van der Waals surface area (Å²) >= 11 is 1.89. The van der Waals surface area contributed by atoms with E-state index >= 15 is 0 Å². The van der Waals surface area contributed by atoms with Crippen LogP contribution in [0.15, 0.2) is 5.38 Å². The van der Waals surface area contributed by atoms with Gasteiger partial charge in [0.25, 0.3) is 0 Å². The number of likely N-dealkylation sites (tertiary alicyclic amines) is 1. The molecule has 3 nitrogen and oxygen atoms in total. The smallest absolute Gasteiger partial charge is 0.0960 e. The number of hydrogen-bond donors (Lipinski definition) is 1. The standard InChI is InChI=1S/C14H23N3S/c1-17-8-2-3-12(9-17)13-10-18-14(16-13)11-4-6-15-7-5-11/h10-12,15H,2-9H2,1H3. The maximum atomic E-state index is 4.96. The van der Waals surface area contributed by atoms with Crippen LogP contribution in [0.25, 0.3) is 0 Å². The fourth-order valence-electron chi connectivity index (χ4n) is 3.15. The summed E-state index contributed by atoms with van der Waals surface area (Å²) in [6, 6.07) is 0. The maximum absolute atomic E-state index is 4.96. The number of hydrogen-bond acceptors (Lipinski definition) is 4. The summed E-state index contributed by atoms with van der Waals surface area (Å²) in [6.45, 7) is 4.76. The van der Waals surface area contributed by atoms with Crippen molar-refractivity contribution in [3.8, 4) is 0 Å². The molecule has 3 heterocycles. The molecule has 1 aromatic rings. The Morgan fingerprint density at radius 3 is 2.89 bits per heavy atom. The van der Waals surface area contributed by atoms with Crippen LogP contribution >= 0.6 is 11.3 Å². The second-order valence-electron chi connectivity index (χ2n) is 5.74. The van der Waals surface area contributed by atoms with Gasteiger partial charge in [-0.2, -0.15) is 0 Å². The molecule has 1 unspecified atom stereocenters. The zero-order chi connectivity index (χ0) is 12.4. The van der Waals surface area contributed by atoms with Gasteiger partial charge in [-0.05, 0) is 52.4 Å². The lowest BCUT2D eigenvalue weighted by atomic mass is 9.95. The van der Waals surface area contributed by atoms with Gasteiger partial charge in [0.05, 0.1) is 10.7 Å². The normalized spacial score (nSPS) is 27.5. The molecule has 0 amide bonds. The number of likely N-dealkylation sites (N-methyl/N-ethyl adjacent to an activating group) is 1. The van der Waals surface area contributed by atoms with Crippen molar-refractivity contribution < 1.29 is 0 Å². The van der Waals surface area contributed by atoms with Crippen molar-refractivity contribution in [3.05, 3.63) is 16.1 Å². The van der Waals surface area contributed by atoms with Gasteiger partial charge in [-0.15, -0.1) is 11.3 Å². The highest BCUT2D eigenvalue weighted by molar-refractivity contribution is 7.09. The van der Waals surface area contributed by atoms with Gasteiger partial charge in [0.15, 0.2) is 0 Å². The summed E-state index contributed by atoms with van der Waals surface area (Å²) in [5, 5.41) is 7.14. The number of rotatable bonds is 2. The van der Waals surface area contributed by atoms with E-state index in [1.54, 1.807) is 0 Å². The van der Waals surface area contributed by atoms with Gasteiger partial charge in [-0.25, -0.2) is 4.98 Å². The SMILES string of the molecule is CN1CCCC(c2csc(C3CCNCC3)n2)C1. The summed E-state index contributed by atoms with van der Waals surface area (Å²) in [6.07, 6.45) is 5.16. The van der Waals surface area contributed by atoms with Crippen LogP contribution in [0.1, 0.15) is 48.2 Å². The van der Waals surface area contributed by atoms with Gasteiger partial charge < -0.3 is 10.2 Å². The monoisotopic (exact) mass is 265 g/mol. The first kappa shape index (κ1) is 12.6. The summed E-state index contributed by atoms with van der Waals surface area (Å²) < 4.78 is 0. The molecule has 2 aliphatic rings. The third-order valence-electron chi connectivity index (χ3n) is 4.27. The molecule has 2 aliphatic heterocycles. The quantitative estimate of drug-likeness (QED) is 0.890. The highest BCUT2D eigenvalue weighted by atomic mass is 32.1. The Hall–Kier alpha value is -0.450. The zero-order valence-electron chi connectivity index (χ0n) is 11.2. The van der Waals surface area contributed by atoms with E-state index in [4.69, 9.17) is 4.98 Å². The average Bonchev–Trinajstić information content (AvgIpc) is 2.89. The lowest BCUT2D eigenvalue weighted by Gasteiger charge is -2.28. The highest BCUT2D eigenvalue weighted by Gasteiger charge is 2.23. The van der Waals surface area contributed by atoms with E-state index in [9.17, 15) is 0 Å². The molecule has 0 radical (unpaired) electrons. The van der Waals surface area contributed by atoms with Crippen LogP contribution in [0.5, 0.6) is 0 Å². The van der Waals surface area contributed by atoms with Crippen molar-refractivity contribution >= 4 is 11.3 Å². The maximum Gasteiger partial charge on any atom is 0.0960 e. The van der Waals surface area contributed by atoms with Crippen molar-refractivity contribution in [1.29, 1.82) is 0 Å². The van der Waals surface area contributed by atoms with E-state index in [2.05, 4.69) is 22.6 Å². The average molecular weight is 265 g/mol. The number of nitrogens with zero attached hydrogens (tertiary/aromatic N) is 2. The van der Waals surface area contributed by atoms with Crippen LogP contribution in [-0.2, 0) is 0 Å². The molecular formula is C14H23N3S. The summed E-state index contributed by atoms with van der Waals surface area (Å²) in [7, 11) is 2.23. The number of piperidine rings is 2. The van der Waals surface area contributed by atoms with E-state index in [-0.39, 0.29) is 0 Å². The predicted octanol–water partition coefficient (Wildman–Crippen LogP) is 2.42. The fraction of sp³-hybridized carbons (Fsp3) is 0.786. The molecular weight excluding hydrogens is 242 g/mol. The minimum absolute atomic E-state index is 0.676. The van der Waals surface area contributed by atoms with Crippen LogP contribution in [0.4, 0.5) is 0 Å². The number of nitrogens with one attached hydrogen (secondary N) is 1. The van der Waals surface area contributed by atoms with Gasteiger partial charge in [-0.1, -0.05) is 0 Å². The zero-order valence-corrected chi connectivity index (χ0v) is 12.0. The Labute approximate surface area is 114 Å². The molecule has 0 aliphatic carbocycles. The molecule has 2 saturated heterocycles. The molecule has 100 valence electrons. The molecule has 0 saturated carbocycles. The lowest BCUT2D eigenvalue weighted by Crippen LogP contribution is -2.31. The van der Waals surface area contributed by atoms with Crippen LogP contribution in [0, 0.1) is 0 Å². The van der Waals surface area contributed by atoms with Gasteiger partial charge in [0, 0.05) is 23.8 Å². The van der Waals surface area contributed by atoms with Gasteiger partial charge >= 0.3 is 0 Å². The highest BCUT2D eigenvalue weighted by Crippen LogP contribution is 2.32. The summed E-state index contributed by atoms with van der Waals surface area (Å²) in [4.78, 5) is 7.40. The topological polar surface area (TPSA) is 28.2 Å². The van der Waals surface area contributed by atoms with Gasteiger partial charge in [0.2, 0.25) is 0 Å². The third kappa shape index (κ3) is 2.76. The summed E-state index contributed by atoms with van der Waals surface area (Å²) in [5.41, 5.74) is 1.36. The van der Waals surface area contributed by atoms with Crippen molar-refractivity contribution in [2.45, 2.75) is 37.5 Å². The third-order valence-corrected chi connectivity index (χ3v) is 5.30. The molecule has 18 heavy (non-hydrogen) atoms. The van der Waals surface area contributed by atoms with Crippen molar-refractivity contribution in [1.82, 2.24) is 15.2 Å². The molecule has 0 spiro atoms. The second-order valence-corrected chi connectivity index (χ2v) is 6.63. The van der Waals surface area contributed by atoms with Gasteiger partial charge in [0.1, 0.15) is 0 Å². The number of thiazole rings is 1. The molecule has 1 N–H and O–H groups in total. The first-order valence-corrected chi connectivity index (χ1v) is 8.05. The first-order chi connectivity index (χ1) is 8.83. The predicted molar refractivity (Wildman–Crippen MR) is 76.4 cm³/mol. The largest absolute Gasteiger partial charge is 0.317 e. The molecule has 2 fully saturated rings. The Morgan fingerprint density at radius 2 is 2.11 bits per heavy atom. The van der Waals surface area contributed by atoms with E-state index in [1.807, 2.05) is 11.3 Å². The van der Waals surface area contributed by atoms with Crippen LogP contribution in [-0.4, -0.2) is 43.1 Å². The molecule has 1 atom stereocenters. The molecule has 3 rings (SSSR count). The number of aromatic nitrogens is 1. The molecule has 0 bridgehead atoms. The Kier molecular flexibility index (Phi) is 3.97. The van der Waals surface area contributed by atoms with Crippen molar-refractivity contribution in [3.63, 3.8) is 0 Å². The molecule has 1 aromatic heterocycles. The lowest BCUT2D eigenvalue weighted by molar-refractivity contribution is 0.248. The Bertz CT molecular complexity index is 384. The Balaban J connectivity index is 1.68.